The summed E-state index contributed by atoms with van der Waals surface area (Å²) in [6.07, 6.45) is -3.88. The van der Waals surface area contributed by atoms with Gasteiger partial charge in [-0.1, -0.05) is 41.9 Å². The highest BCUT2D eigenvalue weighted by Gasteiger charge is 2.42. The third kappa shape index (κ3) is 5.61. The lowest BCUT2D eigenvalue weighted by Crippen LogP contribution is -2.37. The van der Waals surface area contributed by atoms with Gasteiger partial charge in [0.2, 0.25) is 0 Å². The van der Waals surface area contributed by atoms with Crippen LogP contribution in [0.3, 0.4) is 0 Å². The number of ether oxygens (including phenoxy) is 2. The normalized spacial score (nSPS) is 18.8. The molecule has 2 aliphatic rings. The van der Waals surface area contributed by atoms with Crippen LogP contribution in [0.1, 0.15) is 48.3 Å². The van der Waals surface area contributed by atoms with Gasteiger partial charge in [0.15, 0.2) is 5.78 Å². The average molecular weight is 597 g/mol. The van der Waals surface area contributed by atoms with E-state index in [2.05, 4.69) is 10.6 Å². The minimum absolute atomic E-state index is 0.0618. The molecule has 0 radical (unpaired) electrons. The van der Waals surface area contributed by atoms with Gasteiger partial charge in [0, 0.05) is 34.5 Å². The van der Waals surface area contributed by atoms with Crippen LogP contribution in [0.25, 0.3) is 0 Å². The van der Waals surface area contributed by atoms with Crippen molar-refractivity contribution in [2.24, 2.45) is 0 Å². The van der Waals surface area contributed by atoms with E-state index >= 15 is 0 Å². The second kappa shape index (κ2) is 11.6. The number of anilines is 1. The Bertz CT molecular complexity index is 1620. The maximum atomic E-state index is 13.9. The predicted molar refractivity (Wildman–Crippen MR) is 154 cm³/mol. The molecule has 5 rings (SSSR count). The summed E-state index contributed by atoms with van der Waals surface area (Å²) in [6, 6.07) is 17.5. The summed E-state index contributed by atoms with van der Waals surface area (Å²) >= 11 is 6.20. The number of rotatable bonds is 6. The lowest BCUT2D eigenvalue weighted by Gasteiger charge is -2.37. The number of alkyl halides is 3. The van der Waals surface area contributed by atoms with E-state index in [1.54, 1.807) is 25.1 Å². The number of dihydropyridines is 1. The molecular weight excluding hydrogens is 569 g/mol. The van der Waals surface area contributed by atoms with Gasteiger partial charge in [-0.3, -0.25) is 9.59 Å². The van der Waals surface area contributed by atoms with Crippen molar-refractivity contribution < 1.29 is 32.2 Å². The molecule has 2 N–H and O–H groups in total. The molecule has 0 unspecified atom stereocenters. The summed E-state index contributed by atoms with van der Waals surface area (Å²) in [5.41, 5.74) is 2.06. The number of nitrogens with one attached hydrogen (secondary N) is 2. The van der Waals surface area contributed by atoms with Gasteiger partial charge >= 0.3 is 6.18 Å². The zero-order valence-corrected chi connectivity index (χ0v) is 23.8. The van der Waals surface area contributed by atoms with Gasteiger partial charge in [0.05, 0.1) is 36.4 Å². The third-order valence-electron chi connectivity index (χ3n) is 7.63. The molecule has 1 aliphatic heterocycles. The predicted octanol–water partition coefficient (Wildman–Crippen LogP) is 7.38. The van der Waals surface area contributed by atoms with Gasteiger partial charge in [-0.05, 0) is 61.2 Å². The third-order valence-corrected chi connectivity index (χ3v) is 7.96. The highest BCUT2D eigenvalue weighted by Crippen LogP contribution is 2.48. The molecule has 0 saturated carbocycles. The Kier molecular flexibility index (Phi) is 8.06. The molecule has 3 aromatic carbocycles. The van der Waals surface area contributed by atoms with Crippen molar-refractivity contribution >= 4 is 29.0 Å². The van der Waals surface area contributed by atoms with Gasteiger partial charge in [0.1, 0.15) is 11.5 Å². The molecule has 2 atom stereocenters. The fourth-order valence-electron chi connectivity index (χ4n) is 5.66. The van der Waals surface area contributed by atoms with Gasteiger partial charge in [-0.15, -0.1) is 0 Å². The fourth-order valence-corrected chi connectivity index (χ4v) is 5.83. The Hall–Kier alpha value is -4.24. The number of amides is 1. The molecule has 0 spiro atoms. The van der Waals surface area contributed by atoms with E-state index in [-0.39, 0.29) is 34.4 Å². The molecule has 1 heterocycles. The lowest BCUT2D eigenvalue weighted by molar-refractivity contribution is -0.137. The van der Waals surface area contributed by atoms with Crippen molar-refractivity contribution in [3.05, 3.63) is 111 Å². The molecule has 0 fully saturated rings. The summed E-state index contributed by atoms with van der Waals surface area (Å²) < 4.78 is 51.4. The molecule has 1 aliphatic carbocycles. The van der Waals surface area contributed by atoms with E-state index < -0.39 is 23.6 Å². The largest absolute Gasteiger partial charge is 0.497 e. The molecule has 0 bridgehead atoms. The van der Waals surface area contributed by atoms with Crippen LogP contribution < -0.4 is 20.1 Å². The van der Waals surface area contributed by atoms with Crippen LogP contribution in [0.5, 0.6) is 11.5 Å². The highest BCUT2D eigenvalue weighted by molar-refractivity contribution is 6.34. The first-order valence-corrected chi connectivity index (χ1v) is 13.6. The van der Waals surface area contributed by atoms with Crippen LogP contribution in [0.2, 0.25) is 5.02 Å². The molecule has 1 amide bonds. The molecular formula is C32H28ClF3N2O4. The van der Waals surface area contributed by atoms with Crippen molar-refractivity contribution in [3.8, 4) is 11.5 Å². The fraction of sp³-hybridized carbons (Fsp3) is 0.250. The number of hydrogen-bond acceptors (Lipinski definition) is 5. The topological polar surface area (TPSA) is 76.7 Å². The Morgan fingerprint density at radius 2 is 1.74 bits per heavy atom. The minimum Gasteiger partial charge on any atom is -0.497 e. The Morgan fingerprint density at radius 3 is 2.40 bits per heavy atom. The summed E-state index contributed by atoms with van der Waals surface area (Å²) in [6.45, 7) is 1.70. The second-order valence-electron chi connectivity index (χ2n) is 10.2. The minimum atomic E-state index is -4.63. The van der Waals surface area contributed by atoms with Gasteiger partial charge in [-0.25, -0.2) is 0 Å². The summed E-state index contributed by atoms with van der Waals surface area (Å²) in [5, 5.41) is 5.77. The Morgan fingerprint density at radius 1 is 1.00 bits per heavy atom. The maximum absolute atomic E-state index is 13.9. The maximum Gasteiger partial charge on any atom is 0.416 e. The van der Waals surface area contributed by atoms with Crippen LogP contribution >= 0.6 is 11.6 Å². The van der Waals surface area contributed by atoms with Gasteiger partial charge in [0.25, 0.3) is 5.91 Å². The molecule has 10 heteroatoms. The average Bonchev–Trinajstić information content (AvgIpc) is 2.96. The van der Waals surface area contributed by atoms with Crippen molar-refractivity contribution in [1.82, 2.24) is 5.32 Å². The molecule has 0 aromatic heterocycles. The van der Waals surface area contributed by atoms with Crippen LogP contribution in [0, 0.1) is 0 Å². The van der Waals surface area contributed by atoms with E-state index in [4.69, 9.17) is 21.1 Å². The quantitative estimate of drug-likeness (QED) is 0.311. The number of ketones is 1. The highest BCUT2D eigenvalue weighted by atomic mass is 35.5. The molecule has 3 aromatic rings. The molecule has 42 heavy (non-hydrogen) atoms. The van der Waals surface area contributed by atoms with E-state index in [0.29, 0.717) is 40.5 Å². The van der Waals surface area contributed by atoms with E-state index in [1.807, 2.05) is 30.3 Å². The van der Waals surface area contributed by atoms with Crippen LogP contribution in [-0.2, 0) is 15.8 Å². The molecule has 218 valence electrons. The lowest BCUT2D eigenvalue weighted by atomic mass is 9.71. The molecule has 0 saturated heterocycles. The summed E-state index contributed by atoms with van der Waals surface area (Å²) in [7, 11) is 2.98. The second-order valence-corrected chi connectivity index (χ2v) is 10.6. The van der Waals surface area contributed by atoms with Crippen molar-refractivity contribution in [3.63, 3.8) is 0 Å². The standard InChI is InChI=1S/C32H28ClF3N2O4/c1-17-28(31(40)38-24-15-20(32(34,35)36)9-11-23(24)33)29(22-16-21(41-2)10-12-27(22)42-3)30-25(37-17)13-19(14-26(30)39)18-7-5-4-6-8-18/h4-12,15-16,19,29,37H,13-14H2,1-3H3,(H,38,40)/t19-,29+/m0/s1. The first-order valence-electron chi connectivity index (χ1n) is 13.2. The smallest absolute Gasteiger partial charge is 0.416 e. The SMILES string of the molecule is COc1ccc(OC)c([C@@H]2C(C(=O)Nc3cc(C(F)(F)F)ccc3Cl)=C(C)NC3=C2C(=O)C[C@@H](c2ccccc2)C3)c1. The molecule has 6 nitrogen and oxygen atoms in total. The number of allylic oxidation sites excluding steroid dienone is 3. The zero-order chi connectivity index (χ0) is 30.2. The van der Waals surface area contributed by atoms with Crippen LogP contribution in [0.4, 0.5) is 18.9 Å². The van der Waals surface area contributed by atoms with Gasteiger partial charge in [-0.2, -0.15) is 13.2 Å². The van der Waals surface area contributed by atoms with E-state index in [1.165, 1.54) is 14.2 Å². The zero-order valence-electron chi connectivity index (χ0n) is 23.1. The van der Waals surface area contributed by atoms with Crippen molar-refractivity contribution in [2.45, 2.75) is 37.8 Å². The summed E-state index contributed by atoms with van der Waals surface area (Å²) in [5.74, 6) is -0.911. The number of carbonyl (C=O) groups excluding carboxylic acids is 2. The number of carbonyl (C=O) groups is 2. The van der Waals surface area contributed by atoms with Crippen LogP contribution in [0.15, 0.2) is 89.3 Å². The first-order chi connectivity index (χ1) is 20.0. The van der Waals surface area contributed by atoms with Gasteiger partial charge < -0.3 is 20.1 Å². The van der Waals surface area contributed by atoms with E-state index in [9.17, 15) is 22.8 Å². The van der Waals surface area contributed by atoms with Crippen molar-refractivity contribution in [2.75, 3.05) is 19.5 Å². The first kappa shape index (κ1) is 29.3. The Labute approximate surface area is 246 Å². The number of halogens is 4. The van der Waals surface area contributed by atoms with E-state index in [0.717, 1.165) is 23.8 Å². The monoisotopic (exact) mass is 596 g/mol. The Balaban J connectivity index is 1.62. The van der Waals surface area contributed by atoms with Crippen molar-refractivity contribution in [1.29, 1.82) is 0 Å². The number of hydrogen-bond donors (Lipinski definition) is 2. The van der Waals surface area contributed by atoms with Crippen LogP contribution in [-0.4, -0.2) is 25.9 Å². The number of Topliss-reactive ketones (excluding diaryl/α,β-unsaturated/α-hetero) is 1. The number of methoxy groups -OCH3 is 2. The summed E-state index contributed by atoms with van der Waals surface area (Å²) in [4.78, 5) is 27.9. The number of benzene rings is 3.